The van der Waals surface area contributed by atoms with Crippen LogP contribution < -0.4 is 9.62 Å². The van der Waals surface area contributed by atoms with Crippen molar-refractivity contribution < 1.29 is 12.8 Å². The monoisotopic (exact) mass is 339 g/mol. The summed E-state index contributed by atoms with van der Waals surface area (Å²) in [4.78, 5) is 1.82. The van der Waals surface area contributed by atoms with Gasteiger partial charge in [-0.1, -0.05) is 0 Å². The predicted molar refractivity (Wildman–Crippen MR) is 83.0 cm³/mol. The van der Waals surface area contributed by atoms with E-state index in [4.69, 9.17) is 0 Å². The van der Waals surface area contributed by atoms with Crippen molar-refractivity contribution in [2.45, 2.75) is 23.8 Å². The summed E-state index contributed by atoms with van der Waals surface area (Å²) in [6, 6.07) is 3.90. The summed E-state index contributed by atoms with van der Waals surface area (Å²) < 4.78 is 42.0. The zero-order valence-corrected chi connectivity index (χ0v) is 13.7. The average molecular weight is 339 g/mol. The molecule has 7 nitrogen and oxygen atoms in total. The fourth-order valence-electron chi connectivity index (χ4n) is 2.92. The van der Waals surface area contributed by atoms with Gasteiger partial charge in [-0.2, -0.15) is 0 Å². The Bertz CT molecular complexity index is 820. The van der Waals surface area contributed by atoms with E-state index in [0.717, 1.165) is 24.7 Å². The molecule has 1 atom stereocenters. The van der Waals surface area contributed by atoms with Crippen LogP contribution in [0, 0.1) is 5.82 Å². The molecule has 0 aliphatic carbocycles. The van der Waals surface area contributed by atoms with Crippen LogP contribution in [0.25, 0.3) is 0 Å². The van der Waals surface area contributed by atoms with Gasteiger partial charge in [0.1, 0.15) is 12.1 Å². The maximum Gasteiger partial charge on any atom is 0.240 e. The maximum absolute atomic E-state index is 14.5. The second kappa shape index (κ2) is 5.89. The molecule has 1 N–H and O–H groups in total. The van der Waals surface area contributed by atoms with Gasteiger partial charge in [0.25, 0.3) is 0 Å². The van der Waals surface area contributed by atoms with Crippen LogP contribution in [0.5, 0.6) is 0 Å². The molecule has 23 heavy (non-hydrogen) atoms. The molecule has 0 amide bonds. The zero-order valence-electron chi connectivity index (χ0n) is 12.9. The third kappa shape index (κ3) is 2.81. The molecule has 9 heteroatoms. The summed E-state index contributed by atoms with van der Waals surface area (Å²) in [6.45, 7) is 0.687. The highest BCUT2D eigenvalue weighted by Gasteiger charge is 2.31. The number of aryl methyl sites for hydroxylation is 1. The van der Waals surface area contributed by atoms with Gasteiger partial charge in [0, 0.05) is 13.6 Å². The highest BCUT2D eigenvalue weighted by molar-refractivity contribution is 7.89. The van der Waals surface area contributed by atoms with Crippen molar-refractivity contribution in [1.29, 1.82) is 0 Å². The molecule has 1 saturated heterocycles. The molecule has 1 aromatic carbocycles. The van der Waals surface area contributed by atoms with Crippen LogP contribution in [0.4, 0.5) is 10.1 Å². The topological polar surface area (TPSA) is 80.1 Å². The molecule has 2 aromatic rings. The highest BCUT2D eigenvalue weighted by Crippen LogP contribution is 2.36. The van der Waals surface area contributed by atoms with Crippen molar-refractivity contribution in [3.8, 4) is 0 Å². The molecule has 124 valence electrons. The fourth-order valence-corrected chi connectivity index (χ4v) is 3.66. The van der Waals surface area contributed by atoms with Crippen LogP contribution in [0.15, 0.2) is 29.4 Å². The number of nitrogens with zero attached hydrogens (tertiary/aromatic N) is 4. The normalized spacial score (nSPS) is 18.6. The minimum absolute atomic E-state index is 0.0660. The molecule has 1 aromatic heterocycles. The summed E-state index contributed by atoms with van der Waals surface area (Å²) in [5.41, 5.74) is 0.380. The number of rotatable bonds is 4. The first kappa shape index (κ1) is 15.9. The van der Waals surface area contributed by atoms with Crippen molar-refractivity contribution in [3.05, 3.63) is 36.2 Å². The lowest BCUT2D eigenvalue weighted by molar-refractivity contribution is 0.578. The molecule has 1 aliphatic rings. The lowest BCUT2D eigenvalue weighted by Crippen LogP contribution is -2.26. The smallest absolute Gasteiger partial charge is 0.240 e. The Hall–Kier alpha value is -2.00. The van der Waals surface area contributed by atoms with E-state index in [1.54, 1.807) is 6.33 Å². The first-order valence-corrected chi connectivity index (χ1v) is 8.76. The van der Waals surface area contributed by atoms with E-state index < -0.39 is 15.8 Å². The van der Waals surface area contributed by atoms with Gasteiger partial charge in [-0.25, -0.2) is 17.5 Å². The van der Waals surface area contributed by atoms with E-state index in [0.29, 0.717) is 12.2 Å². The van der Waals surface area contributed by atoms with Crippen LogP contribution in [0.1, 0.15) is 24.7 Å². The van der Waals surface area contributed by atoms with Crippen LogP contribution in [-0.4, -0.2) is 36.8 Å². The molecule has 3 rings (SSSR count). The van der Waals surface area contributed by atoms with Crippen molar-refractivity contribution in [2.75, 3.05) is 18.5 Å². The second-order valence-electron chi connectivity index (χ2n) is 5.47. The molecule has 2 heterocycles. The van der Waals surface area contributed by atoms with Crippen LogP contribution in [0.2, 0.25) is 0 Å². The number of aromatic nitrogens is 3. The van der Waals surface area contributed by atoms with E-state index in [1.807, 2.05) is 16.5 Å². The number of hydrogen-bond acceptors (Lipinski definition) is 5. The number of hydrogen-bond donors (Lipinski definition) is 1. The van der Waals surface area contributed by atoms with Gasteiger partial charge in [0.15, 0.2) is 5.82 Å². The van der Waals surface area contributed by atoms with E-state index in [2.05, 4.69) is 14.9 Å². The number of benzene rings is 1. The predicted octanol–water partition coefficient (Wildman–Crippen LogP) is 1.20. The van der Waals surface area contributed by atoms with E-state index >= 15 is 0 Å². The SMILES string of the molecule is CNS(=O)(=O)c1ccc(N2CCCC2c2nncn2C)c(F)c1. The maximum atomic E-state index is 14.5. The lowest BCUT2D eigenvalue weighted by Gasteiger charge is -2.26. The Balaban J connectivity index is 1.97. The third-order valence-corrected chi connectivity index (χ3v) is 5.52. The largest absolute Gasteiger partial charge is 0.359 e. The van der Waals surface area contributed by atoms with Crippen molar-refractivity contribution >= 4 is 15.7 Å². The summed E-state index contributed by atoms with van der Waals surface area (Å²) in [6.07, 6.45) is 3.38. The lowest BCUT2D eigenvalue weighted by atomic mass is 10.2. The summed E-state index contributed by atoms with van der Waals surface area (Å²) >= 11 is 0. The molecular weight excluding hydrogens is 321 g/mol. The van der Waals surface area contributed by atoms with Gasteiger partial charge in [-0.3, -0.25) is 0 Å². The zero-order chi connectivity index (χ0) is 16.6. The summed E-state index contributed by atoms with van der Waals surface area (Å²) in [7, 11) is -0.510. The van der Waals surface area contributed by atoms with Gasteiger partial charge in [-0.05, 0) is 38.1 Å². The van der Waals surface area contributed by atoms with Crippen LogP contribution in [0.3, 0.4) is 0 Å². The van der Waals surface area contributed by atoms with E-state index in [-0.39, 0.29) is 10.9 Å². The van der Waals surface area contributed by atoms with E-state index in [1.165, 1.54) is 19.2 Å². The molecule has 1 unspecified atom stereocenters. The fraction of sp³-hybridized carbons (Fsp3) is 0.429. The highest BCUT2D eigenvalue weighted by atomic mass is 32.2. The molecule has 0 spiro atoms. The van der Waals surface area contributed by atoms with Gasteiger partial charge in [0.05, 0.1) is 16.6 Å². The Morgan fingerprint density at radius 2 is 2.17 bits per heavy atom. The van der Waals surface area contributed by atoms with Gasteiger partial charge in [0.2, 0.25) is 10.0 Å². The molecule has 1 fully saturated rings. The molecule has 0 saturated carbocycles. The summed E-state index contributed by atoms with van der Waals surface area (Å²) in [5.74, 6) is 0.212. The quantitative estimate of drug-likeness (QED) is 0.905. The van der Waals surface area contributed by atoms with Crippen molar-refractivity contribution in [2.24, 2.45) is 7.05 Å². The standard InChI is InChI=1S/C14H18FN5O2S/c1-16-23(21,22)10-5-6-12(11(15)8-10)20-7-3-4-13(20)14-18-17-9-19(14)2/h5-6,8-9,13,16H,3-4,7H2,1-2H3. The number of halogens is 1. The van der Waals surface area contributed by atoms with E-state index in [9.17, 15) is 12.8 Å². The molecule has 0 bridgehead atoms. The first-order chi connectivity index (χ1) is 10.9. The second-order valence-corrected chi connectivity index (χ2v) is 7.36. The van der Waals surface area contributed by atoms with Crippen molar-refractivity contribution in [1.82, 2.24) is 19.5 Å². The minimum Gasteiger partial charge on any atom is -0.359 e. The van der Waals surface area contributed by atoms with Crippen LogP contribution >= 0.6 is 0 Å². The number of nitrogens with one attached hydrogen (secondary N) is 1. The van der Waals surface area contributed by atoms with Gasteiger partial charge >= 0.3 is 0 Å². The Morgan fingerprint density at radius 1 is 1.39 bits per heavy atom. The Morgan fingerprint density at radius 3 is 2.78 bits per heavy atom. The Labute approximate surface area is 134 Å². The van der Waals surface area contributed by atoms with Crippen LogP contribution in [-0.2, 0) is 17.1 Å². The van der Waals surface area contributed by atoms with Gasteiger partial charge < -0.3 is 9.47 Å². The van der Waals surface area contributed by atoms with Gasteiger partial charge in [-0.15, -0.1) is 10.2 Å². The molecular formula is C14H18FN5O2S. The Kier molecular flexibility index (Phi) is 4.07. The van der Waals surface area contributed by atoms with Crippen molar-refractivity contribution in [3.63, 3.8) is 0 Å². The molecule has 1 aliphatic heterocycles. The average Bonchev–Trinajstić information content (AvgIpc) is 3.15. The summed E-state index contributed by atoms with van der Waals surface area (Å²) in [5, 5.41) is 8.00. The number of anilines is 1. The third-order valence-electron chi connectivity index (χ3n) is 4.10. The number of sulfonamides is 1. The first-order valence-electron chi connectivity index (χ1n) is 7.27. The minimum atomic E-state index is -3.66. The molecule has 0 radical (unpaired) electrons.